The molecule has 0 fully saturated rings. The van der Waals surface area contributed by atoms with E-state index in [4.69, 9.17) is 5.11 Å². The van der Waals surface area contributed by atoms with Crippen LogP contribution >= 0.6 is 0 Å². The average Bonchev–Trinajstić information content (AvgIpc) is 2.14. The van der Waals surface area contributed by atoms with Gasteiger partial charge in [0.25, 0.3) is 0 Å². The molecule has 0 aliphatic rings. The van der Waals surface area contributed by atoms with Gasteiger partial charge < -0.3 is 5.11 Å². The van der Waals surface area contributed by atoms with E-state index in [9.17, 15) is 17.6 Å². The number of nitrogens with zero attached hydrogens (tertiary/aromatic N) is 1. The third kappa shape index (κ3) is 3.89. The van der Waals surface area contributed by atoms with Crippen LogP contribution in [0.2, 0.25) is 0 Å². The van der Waals surface area contributed by atoms with Gasteiger partial charge in [0.15, 0.2) is 0 Å². The van der Waals surface area contributed by atoms with Gasteiger partial charge in [0.05, 0.1) is 6.54 Å². The molecule has 0 aliphatic heterocycles. The zero-order chi connectivity index (χ0) is 13.2. The van der Waals surface area contributed by atoms with Crippen molar-refractivity contribution in [3.63, 3.8) is 0 Å². The quantitative estimate of drug-likeness (QED) is 0.834. The second-order valence-corrected chi connectivity index (χ2v) is 3.91. The molecular weight excluding hydrogens is 238 g/mol. The summed E-state index contributed by atoms with van der Waals surface area (Å²) in [5.41, 5.74) is 0.120. The van der Waals surface area contributed by atoms with E-state index in [1.165, 1.54) is 26.1 Å². The minimum absolute atomic E-state index is 0.120. The molecule has 2 nitrogen and oxygen atoms in total. The van der Waals surface area contributed by atoms with Crippen LogP contribution in [0.25, 0.3) is 0 Å². The minimum atomic E-state index is -4.32. The molecule has 96 valence electrons. The molecule has 0 spiro atoms. The summed E-state index contributed by atoms with van der Waals surface area (Å²) < 4.78 is 49.9. The van der Waals surface area contributed by atoms with E-state index in [1.54, 1.807) is 0 Å². The van der Waals surface area contributed by atoms with Gasteiger partial charge in [-0.05, 0) is 20.0 Å². The Morgan fingerprint density at radius 1 is 1.35 bits per heavy atom. The van der Waals surface area contributed by atoms with Crippen molar-refractivity contribution in [3.8, 4) is 5.75 Å². The van der Waals surface area contributed by atoms with Crippen LogP contribution in [-0.4, -0.2) is 29.8 Å². The number of hydrogen-bond acceptors (Lipinski definition) is 2. The molecule has 0 saturated heterocycles. The van der Waals surface area contributed by atoms with Gasteiger partial charge in [-0.25, -0.2) is 4.39 Å². The van der Waals surface area contributed by atoms with E-state index >= 15 is 0 Å². The lowest BCUT2D eigenvalue weighted by Gasteiger charge is -2.26. The predicted molar refractivity (Wildman–Crippen MR) is 55.2 cm³/mol. The Bertz CT molecular complexity index is 392. The van der Waals surface area contributed by atoms with Crippen molar-refractivity contribution in [2.45, 2.75) is 19.1 Å². The number of halogens is 4. The highest BCUT2D eigenvalue weighted by Gasteiger charge is 2.31. The molecule has 1 rings (SSSR count). The first-order valence-corrected chi connectivity index (χ1v) is 4.96. The van der Waals surface area contributed by atoms with Crippen LogP contribution in [0.1, 0.15) is 18.5 Å². The molecule has 0 heterocycles. The van der Waals surface area contributed by atoms with Gasteiger partial charge in [0.1, 0.15) is 11.6 Å². The molecule has 1 unspecified atom stereocenters. The summed E-state index contributed by atoms with van der Waals surface area (Å²) in [6.45, 7) is 0.357. The van der Waals surface area contributed by atoms with E-state index in [-0.39, 0.29) is 11.3 Å². The maximum Gasteiger partial charge on any atom is 0.401 e. The summed E-state index contributed by atoms with van der Waals surface area (Å²) >= 11 is 0. The average molecular weight is 251 g/mol. The first-order valence-electron chi connectivity index (χ1n) is 4.96. The van der Waals surface area contributed by atoms with Gasteiger partial charge in [-0.3, -0.25) is 4.90 Å². The highest BCUT2D eigenvalue weighted by Crippen LogP contribution is 2.27. The number of aromatic hydroxyl groups is 1. The van der Waals surface area contributed by atoms with Crippen LogP contribution in [-0.2, 0) is 0 Å². The Balaban J connectivity index is 2.85. The van der Waals surface area contributed by atoms with Crippen molar-refractivity contribution >= 4 is 0 Å². The molecule has 17 heavy (non-hydrogen) atoms. The normalized spacial score (nSPS) is 14.1. The molecule has 1 aromatic rings. The largest absolute Gasteiger partial charge is 0.508 e. The van der Waals surface area contributed by atoms with Crippen molar-refractivity contribution in [2.75, 3.05) is 13.6 Å². The lowest BCUT2D eigenvalue weighted by Crippen LogP contribution is -2.33. The number of phenols is 1. The maximum atomic E-state index is 13.4. The van der Waals surface area contributed by atoms with E-state index in [0.29, 0.717) is 0 Å². The topological polar surface area (TPSA) is 23.5 Å². The van der Waals surface area contributed by atoms with E-state index in [1.807, 2.05) is 0 Å². The zero-order valence-electron chi connectivity index (χ0n) is 9.42. The Kier molecular flexibility index (Phi) is 3.98. The zero-order valence-corrected chi connectivity index (χ0v) is 9.42. The number of benzene rings is 1. The number of hydrogen-bond donors (Lipinski definition) is 1. The number of rotatable bonds is 3. The molecule has 0 aromatic heterocycles. The van der Waals surface area contributed by atoms with Crippen LogP contribution < -0.4 is 0 Å². The van der Waals surface area contributed by atoms with Crippen molar-refractivity contribution < 1.29 is 22.7 Å². The van der Waals surface area contributed by atoms with Crippen LogP contribution in [0, 0.1) is 5.82 Å². The van der Waals surface area contributed by atoms with Gasteiger partial charge >= 0.3 is 6.18 Å². The smallest absolute Gasteiger partial charge is 0.401 e. The fourth-order valence-corrected chi connectivity index (χ4v) is 1.51. The van der Waals surface area contributed by atoms with E-state index in [2.05, 4.69) is 0 Å². The molecule has 0 bridgehead atoms. The Morgan fingerprint density at radius 3 is 2.41 bits per heavy atom. The molecule has 6 heteroatoms. The monoisotopic (exact) mass is 251 g/mol. The van der Waals surface area contributed by atoms with Crippen molar-refractivity contribution in [1.82, 2.24) is 4.90 Å². The summed E-state index contributed by atoms with van der Waals surface area (Å²) in [5, 5.41) is 9.01. The summed E-state index contributed by atoms with van der Waals surface area (Å²) in [4.78, 5) is 0.995. The molecular formula is C11H13F4NO. The van der Waals surface area contributed by atoms with Crippen LogP contribution in [0.4, 0.5) is 17.6 Å². The molecule has 0 amide bonds. The fraction of sp³-hybridized carbons (Fsp3) is 0.455. The second-order valence-electron chi connectivity index (χ2n) is 3.91. The van der Waals surface area contributed by atoms with Crippen molar-refractivity contribution in [1.29, 1.82) is 0 Å². The van der Waals surface area contributed by atoms with E-state index < -0.39 is 24.6 Å². The van der Waals surface area contributed by atoms with Gasteiger partial charge in [-0.1, -0.05) is 6.07 Å². The lowest BCUT2D eigenvalue weighted by atomic mass is 10.1. The van der Waals surface area contributed by atoms with Crippen molar-refractivity contribution in [3.05, 3.63) is 29.6 Å². The first kappa shape index (κ1) is 13.8. The summed E-state index contributed by atoms with van der Waals surface area (Å²) in [6.07, 6.45) is -4.32. The Morgan fingerprint density at radius 2 is 1.94 bits per heavy atom. The lowest BCUT2D eigenvalue weighted by molar-refractivity contribution is -0.147. The fourth-order valence-electron chi connectivity index (χ4n) is 1.51. The van der Waals surface area contributed by atoms with Crippen molar-refractivity contribution in [2.24, 2.45) is 0 Å². The molecule has 0 aliphatic carbocycles. The number of alkyl halides is 3. The maximum absolute atomic E-state index is 13.4. The summed E-state index contributed by atoms with van der Waals surface area (Å²) in [7, 11) is 1.27. The molecule has 1 atom stereocenters. The summed E-state index contributed by atoms with van der Waals surface area (Å²) in [6, 6.07) is 2.68. The first-order chi connectivity index (χ1) is 7.70. The third-order valence-electron chi connectivity index (χ3n) is 2.52. The summed E-state index contributed by atoms with van der Waals surface area (Å²) in [5.74, 6) is -0.969. The SMILES string of the molecule is CC(c1ccc(O)cc1F)N(C)CC(F)(F)F. The number of phenolic OH excluding ortho intramolecular Hbond substituents is 1. The molecule has 0 radical (unpaired) electrons. The standard InChI is InChI=1S/C11H13F4NO/c1-7(16(2)6-11(13,14)15)9-4-3-8(17)5-10(9)12/h3-5,7,17H,6H2,1-2H3. The molecule has 1 aromatic carbocycles. The Hall–Kier alpha value is -1.30. The highest BCUT2D eigenvalue weighted by molar-refractivity contribution is 5.29. The predicted octanol–water partition coefficient (Wildman–Crippen LogP) is 3.09. The van der Waals surface area contributed by atoms with Gasteiger partial charge in [-0.2, -0.15) is 13.2 Å². The van der Waals surface area contributed by atoms with Crippen LogP contribution in [0.3, 0.4) is 0 Å². The second kappa shape index (κ2) is 4.91. The van der Waals surface area contributed by atoms with Gasteiger partial charge in [0.2, 0.25) is 0 Å². The highest BCUT2D eigenvalue weighted by atomic mass is 19.4. The molecule has 1 N–H and O–H groups in total. The molecule has 0 saturated carbocycles. The minimum Gasteiger partial charge on any atom is -0.508 e. The van der Waals surface area contributed by atoms with Gasteiger partial charge in [-0.15, -0.1) is 0 Å². The third-order valence-corrected chi connectivity index (χ3v) is 2.52. The van der Waals surface area contributed by atoms with Crippen LogP contribution in [0.5, 0.6) is 5.75 Å². The van der Waals surface area contributed by atoms with Crippen LogP contribution in [0.15, 0.2) is 18.2 Å². The van der Waals surface area contributed by atoms with E-state index in [0.717, 1.165) is 11.0 Å². The van der Waals surface area contributed by atoms with Gasteiger partial charge in [0, 0.05) is 17.7 Å². The Labute approximate surface area is 96.5 Å².